The summed E-state index contributed by atoms with van der Waals surface area (Å²) in [6.07, 6.45) is -4.88. The molecule has 1 aromatic heterocycles. The second-order valence-electron chi connectivity index (χ2n) is 2.75. The molecule has 0 bridgehead atoms. The molecule has 0 aliphatic carbocycles. The molecule has 0 amide bonds. The van der Waals surface area contributed by atoms with E-state index in [0.717, 1.165) is 6.07 Å². The van der Waals surface area contributed by atoms with Gasteiger partial charge in [0, 0.05) is 6.07 Å². The van der Waals surface area contributed by atoms with Crippen molar-refractivity contribution in [2.45, 2.75) is 20.0 Å². The fraction of sp³-hybridized carbons (Fsp3) is 0.375. The van der Waals surface area contributed by atoms with Crippen molar-refractivity contribution in [1.82, 2.24) is 4.98 Å². The normalized spacial score (nSPS) is 11.5. The number of aromatic hydroxyl groups is 1. The van der Waals surface area contributed by atoms with E-state index in [4.69, 9.17) is 0 Å². The number of aromatic nitrogens is 1. The lowest BCUT2D eigenvalue weighted by Gasteiger charge is -2.10. The summed E-state index contributed by atoms with van der Waals surface area (Å²) in [4.78, 5) is 3.17. The largest absolute Gasteiger partial charge is 0.574 e. The van der Waals surface area contributed by atoms with E-state index >= 15 is 0 Å². The summed E-state index contributed by atoms with van der Waals surface area (Å²) < 4.78 is 51.1. The molecule has 0 saturated carbocycles. The van der Waals surface area contributed by atoms with Crippen molar-refractivity contribution in [2.24, 2.45) is 0 Å². The zero-order valence-corrected chi connectivity index (χ0v) is 7.60. The number of nitrogens with zero attached hydrogens (tertiary/aromatic N) is 1. The number of rotatable bonds is 2. The van der Waals surface area contributed by atoms with E-state index in [9.17, 15) is 22.7 Å². The van der Waals surface area contributed by atoms with Gasteiger partial charge in [-0.05, 0) is 12.5 Å². The molecule has 1 heterocycles. The third-order valence-electron chi connectivity index (χ3n) is 1.58. The number of hydrogen-bond donors (Lipinski definition) is 1. The number of hydrogen-bond acceptors (Lipinski definition) is 3. The fourth-order valence-corrected chi connectivity index (χ4v) is 0.963. The Bertz CT molecular complexity index is 364. The van der Waals surface area contributed by atoms with Crippen molar-refractivity contribution >= 4 is 0 Å². The lowest BCUT2D eigenvalue weighted by Crippen LogP contribution is -2.18. The van der Waals surface area contributed by atoms with Gasteiger partial charge in [-0.3, -0.25) is 0 Å². The van der Waals surface area contributed by atoms with Crippen molar-refractivity contribution in [3.63, 3.8) is 0 Å². The lowest BCUT2D eigenvalue weighted by atomic mass is 10.2. The first-order valence-electron chi connectivity index (χ1n) is 3.84. The molecular weight excluding hydrogens is 218 g/mol. The summed E-state index contributed by atoms with van der Waals surface area (Å²) in [6.45, 7) is 0.154. The molecule has 0 atom stereocenters. The maximum atomic E-state index is 12.2. The van der Waals surface area contributed by atoms with Crippen molar-refractivity contribution in [1.29, 1.82) is 0 Å². The number of ether oxygens (including phenoxy) is 1. The summed E-state index contributed by atoms with van der Waals surface area (Å²) >= 11 is 0. The number of halogens is 4. The van der Waals surface area contributed by atoms with Crippen LogP contribution in [0.2, 0.25) is 0 Å². The molecule has 15 heavy (non-hydrogen) atoms. The molecule has 0 aliphatic rings. The second-order valence-corrected chi connectivity index (χ2v) is 2.75. The van der Waals surface area contributed by atoms with Gasteiger partial charge >= 0.3 is 6.36 Å². The Kier molecular flexibility index (Phi) is 3.01. The van der Waals surface area contributed by atoms with Crippen molar-refractivity contribution in [3.05, 3.63) is 17.3 Å². The Morgan fingerprint density at radius 3 is 2.53 bits per heavy atom. The highest BCUT2D eigenvalue weighted by atomic mass is 19.4. The van der Waals surface area contributed by atoms with Gasteiger partial charge in [0.2, 0.25) is 5.88 Å². The molecule has 1 N–H and O–H groups in total. The van der Waals surface area contributed by atoms with E-state index in [1.165, 1.54) is 6.92 Å². The van der Waals surface area contributed by atoms with Crippen LogP contribution in [0.25, 0.3) is 0 Å². The maximum absolute atomic E-state index is 12.2. The molecular formula is C8H7F4NO2. The summed E-state index contributed by atoms with van der Waals surface area (Å²) in [7, 11) is 0. The molecule has 0 fully saturated rings. The fourth-order valence-electron chi connectivity index (χ4n) is 0.963. The van der Waals surface area contributed by atoms with E-state index in [1.54, 1.807) is 0 Å². The standard InChI is InChI=1S/C8H7F4NO2/c1-4-2-6(15-8(10,11)12)13-5(3-9)7(4)14/h2,14H,3H2,1H3. The molecule has 1 aromatic rings. The van der Waals surface area contributed by atoms with Crippen LogP contribution >= 0.6 is 0 Å². The van der Waals surface area contributed by atoms with Gasteiger partial charge in [0.15, 0.2) is 0 Å². The van der Waals surface area contributed by atoms with Gasteiger partial charge in [-0.15, -0.1) is 13.2 Å². The molecule has 0 unspecified atom stereocenters. The van der Waals surface area contributed by atoms with Gasteiger partial charge in [-0.2, -0.15) is 0 Å². The van der Waals surface area contributed by atoms with E-state index in [1.807, 2.05) is 0 Å². The van der Waals surface area contributed by atoms with Gasteiger partial charge in [0.25, 0.3) is 0 Å². The highest BCUT2D eigenvalue weighted by Gasteiger charge is 2.32. The zero-order valence-electron chi connectivity index (χ0n) is 7.60. The summed E-state index contributed by atoms with van der Waals surface area (Å²) in [5, 5.41) is 9.18. The molecule has 0 aliphatic heterocycles. The van der Waals surface area contributed by atoms with Crippen molar-refractivity contribution in [2.75, 3.05) is 0 Å². The summed E-state index contributed by atoms with van der Waals surface area (Å²) in [5.41, 5.74) is -0.411. The van der Waals surface area contributed by atoms with Gasteiger partial charge in [0.1, 0.15) is 18.1 Å². The Morgan fingerprint density at radius 1 is 1.47 bits per heavy atom. The molecule has 3 nitrogen and oxygen atoms in total. The first-order valence-corrected chi connectivity index (χ1v) is 3.84. The summed E-state index contributed by atoms with van der Waals surface area (Å²) in [6, 6.07) is 0.877. The van der Waals surface area contributed by atoms with Gasteiger partial charge < -0.3 is 9.84 Å². The maximum Gasteiger partial charge on any atom is 0.574 e. The Labute approximate surface area is 82.3 Å². The Morgan fingerprint density at radius 2 is 2.07 bits per heavy atom. The Balaban J connectivity index is 3.06. The monoisotopic (exact) mass is 225 g/mol. The minimum Gasteiger partial charge on any atom is -0.506 e. The molecule has 0 spiro atoms. The van der Waals surface area contributed by atoms with Crippen LogP contribution in [0.5, 0.6) is 11.6 Å². The van der Waals surface area contributed by atoms with E-state index in [2.05, 4.69) is 9.72 Å². The molecule has 84 valence electrons. The van der Waals surface area contributed by atoms with Crippen molar-refractivity contribution < 1.29 is 27.4 Å². The first-order chi connectivity index (χ1) is 6.83. The lowest BCUT2D eigenvalue weighted by molar-refractivity contribution is -0.276. The second kappa shape index (κ2) is 3.92. The van der Waals surface area contributed by atoms with E-state index in [0.29, 0.717) is 0 Å². The van der Waals surface area contributed by atoms with Crippen LogP contribution in [0.4, 0.5) is 17.6 Å². The first kappa shape index (κ1) is 11.5. The predicted octanol–water partition coefficient (Wildman–Crippen LogP) is 2.46. The van der Waals surface area contributed by atoms with E-state index < -0.39 is 30.4 Å². The SMILES string of the molecule is Cc1cc(OC(F)(F)F)nc(CF)c1O. The van der Waals surface area contributed by atoms with E-state index in [-0.39, 0.29) is 5.56 Å². The van der Waals surface area contributed by atoms with Crippen LogP contribution in [0.1, 0.15) is 11.3 Å². The number of aryl methyl sites for hydroxylation is 1. The highest BCUT2D eigenvalue weighted by molar-refractivity contribution is 5.38. The van der Waals surface area contributed by atoms with Gasteiger partial charge in [-0.1, -0.05) is 0 Å². The number of pyridine rings is 1. The molecule has 1 rings (SSSR count). The molecule has 0 aromatic carbocycles. The highest BCUT2D eigenvalue weighted by Crippen LogP contribution is 2.28. The topological polar surface area (TPSA) is 42.4 Å². The van der Waals surface area contributed by atoms with Crippen LogP contribution in [-0.4, -0.2) is 16.5 Å². The van der Waals surface area contributed by atoms with Crippen LogP contribution in [0, 0.1) is 6.92 Å². The van der Waals surface area contributed by atoms with Crippen molar-refractivity contribution in [3.8, 4) is 11.6 Å². The number of alkyl halides is 4. The van der Waals surface area contributed by atoms with Crippen LogP contribution in [-0.2, 0) is 6.67 Å². The average Bonchev–Trinajstić information content (AvgIpc) is 2.08. The minimum atomic E-state index is -4.88. The smallest absolute Gasteiger partial charge is 0.506 e. The quantitative estimate of drug-likeness (QED) is 0.786. The molecule has 0 saturated heterocycles. The van der Waals surface area contributed by atoms with Crippen LogP contribution < -0.4 is 4.74 Å². The summed E-state index contributed by atoms with van der Waals surface area (Å²) in [5.74, 6) is -1.25. The minimum absolute atomic E-state index is 0.0666. The van der Waals surface area contributed by atoms with Gasteiger partial charge in [-0.25, -0.2) is 9.37 Å². The average molecular weight is 225 g/mol. The third-order valence-corrected chi connectivity index (χ3v) is 1.58. The predicted molar refractivity (Wildman–Crippen MR) is 42.1 cm³/mol. The molecule has 0 radical (unpaired) electrons. The van der Waals surface area contributed by atoms with Crippen LogP contribution in [0.3, 0.4) is 0 Å². The zero-order chi connectivity index (χ0) is 11.6. The van der Waals surface area contributed by atoms with Gasteiger partial charge in [0.05, 0.1) is 0 Å². The Hall–Kier alpha value is -1.53. The van der Waals surface area contributed by atoms with Crippen LogP contribution in [0.15, 0.2) is 6.07 Å². The molecule has 7 heteroatoms. The third kappa shape index (κ3) is 2.97.